The van der Waals surface area contributed by atoms with Gasteiger partial charge in [0.1, 0.15) is 5.82 Å². The van der Waals surface area contributed by atoms with Crippen LogP contribution in [0, 0.1) is 11.7 Å². The minimum atomic E-state index is -0.215. The highest BCUT2D eigenvalue weighted by Crippen LogP contribution is 2.20. The highest BCUT2D eigenvalue weighted by atomic mass is 19.1. The minimum absolute atomic E-state index is 0.0338. The molecule has 1 amide bonds. The highest BCUT2D eigenvalue weighted by Gasteiger charge is 2.27. The zero-order chi connectivity index (χ0) is 17.6. The Morgan fingerprint density at radius 2 is 2.24 bits per heavy atom. The lowest BCUT2D eigenvalue weighted by Gasteiger charge is -2.32. The summed E-state index contributed by atoms with van der Waals surface area (Å²) in [6, 6.07) is 12.3. The number of rotatable bonds is 5. The van der Waals surface area contributed by atoms with E-state index in [1.807, 2.05) is 31.2 Å². The van der Waals surface area contributed by atoms with Crippen molar-refractivity contribution in [2.45, 2.75) is 32.4 Å². The molecule has 0 saturated carbocycles. The number of pyridine rings is 1. The van der Waals surface area contributed by atoms with Crippen molar-refractivity contribution in [1.82, 2.24) is 15.2 Å². The molecule has 2 heterocycles. The predicted octanol–water partition coefficient (Wildman–Crippen LogP) is 3.31. The van der Waals surface area contributed by atoms with E-state index in [0.717, 1.165) is 30.6 Å². The molecule has 1 aromatic carbocycles. The number of piperidine rings is 1. The van der Waals surface area contributed by atoms with Gasteiger partial charge in [-0.25, -0.2) is 4.39 Å². The number of hydrogen-bond acceptors (Lipinski definition) is 3. The Morgan fingerprint density at radius 1 is 1.36 bits per heavy atom. The van der Waals surface area contributed by atoms with E-state index in [9.17, 15) is 9.18 Å². The first kappa shape index (κ1) is 17.5. The van der Waals surface area contributed by atoms with Crippen molar-refractivity contribution in [3.8, 4) is 0 Å². The number of benzene rings is 1. The molecule has 0 radical (unpaired) electrons. The molecule has 1 N–H and O–H groups in total. The van der Waals surface area contributed by atoms with Gasteiger partial charge < -0.3 is 5.32 Å². The van der Waals surface area contributed by atoms with Crippen molar-refractivity contribution < 1.29 is 9.18 Å². The van der Waals surface area contributed by atoms with Crippen LogP contribution in [0.25, 0.3) is 0 Å². The van der Waals surface area contributed by atoms with Crippen molar-refractivity contribution >= 4 is 5.91 Å². The fourth-order valence-corrected chi connectivity index (χ4v) is 3.34. The Labute approximate surface area is 148 Å². The van der Waals surface area contributed by atoms with Gasteiger partial charge in [-0.05, 0) is 56.1 Å². The van der Waals surface area contributed by atoms with Crippen molar-refractivity contribution in [3.63, 3.8) is 0 Å². The third-order valence-corrected chi connectivity index (χ3v) is 4.66. The molecule has 4 nitrogen and oxygen atoms in total. The van der Waals surface area contributed by atoms with Gasteiger partial charge in [0.15, 0.2) is 0 Å². The van der Waals surface area contributed by atoms with Crippen molar-refractivity contribution in [3.05, 3.63) is 65.7 Å². The molecule has 5 heteroatoms. The summed E-state index contributed by atoms with van der Waals surface area (Å²) < 4.78 is 13.3. The summed E-state index contributed by atoms with van der Waals surface area (Å²) >= 11 is 0. The lowest BCUT2D eigenvalue weighted by Crippen LogP contribution is -2.43. The van der Waals surface area contributed by atoms with E-state index in [-0.39, 0.29) is 23.7 Å². The molecule has 0 unspecified atom stereocenters. The summed E-state index contributed by atoms with van der Waals surface area (Å²) in [6.07, 6.45) is 3.60. The molecular formula is C20H24FN3O. The Balaban J connectivity index is 1.56. The number of hydrogen-bond donors (Lipinski definition) is 1. The van der Waals surface area contributed by atoms with Crippen LogP contribution in [0.2, 0.25) is 0 Å². The quantitative estimate of drug-likeness (QED) is 0.907. The number of carbonyl (C=O) groups excluding carboxylic acids is 1. The number of nitrogens with zero attached hydrogens (tertiary/aromatic N) is 2. The summed E-state index contributed by atoms with van der Waals surface area (Å²) in [4.78, 5) is 19.1. The standard InChI is InChI=1S/C20H24FN3O/c1-15(19-9-2-3-10-22-19)23-20(25)17-7-5-11-24(14-17)13-16-6-4-8-18(21)12-16/h2-4,6,8-10,12,15,17H,5,7,11,13-14H2,1H3,(H,23,25)/t15-,17-/m0/s1. The molecule has 1 aliphatic heterocycles. The van der Waals surface area contributed by atoms with Crippen molar-refractivity contribution in [2.24, 2.45) is 5.92 Å². The van der Waals surface area contributed by atoms with Crippen LogP contribution in [0.1, 0.15) is 37.1 Å². The maximum Gasteiger partial charge on any atom is 0.224 e. The fraction of sp³-hybridized carbons (Fsp3) is 0.400. The molecule has 0 aliphatic carbocycles. The highest BCUT2D eigenvalue weighted by molar-refractivity contribution is 5.79. The summed E-state index contributed by atoms with van der Waals surface area (Å²) in [5, 5.41) is 3.07. The van der Waals surface area contributed by atoms with E-state index in [0.29, 0.717) is 13.1 Å². The van der Waals surface area contributed by atoms with Gasteiger partial charge in [0.05, 0.1) is 17.7 Å². The van der Waals surface area contributed by atoms with E-state index >= 15 is 0 Å². The Morgan fingerprint density at radius 3 is 3.00 bits per heavy atom. The third-order valence-electron chi connectivity index (χ3n) is 4.66. The summed E-state index contributed by atoms with van der Waals surface area (Å²) in [7, 11) is 0. The second kappa shape index (κ2) is 8.21. The van der Waals surface area contributed by atoms with Crippen molar-refractivity contribution in [1.29, 1.82) is 0 Å². The van der Waals surface area contributed by atoms with Gasteiger partial charge in [-0.15, -0.1) is 0 Å². The summed E-state index contributed by atoms with van der Waals surface area (Å²) in [6.45, 7) is 4.28. The van der Waals surface area contributed by atoms with Crippen LogP contribution in [-0.4, -0.2) is 28.9 Å². The molecular weight excluding hydrogens is 317 g/mol. The smallest absolute Gasteiger partial charge is 0.224 e. The maximum absolute atomic E-state index is 13.3. The molecule has 1 saturated heterocycles. The van der Waals surface area contributed by atoms with Crippen LogP contribution < -0.4 is 5.32 Å². The third kappa shape index (κ3) is 4.86. The zero-order valence-corrected chi connectivity index (χ0v) is 14.5. The van der Waals surface area contributed by atoms with Crippen LogP contribution in [-0.2, 0) is 11.3 Å². The Hall–Kier alpha value is -2.27. The zero-order valence-electron chi connectivity index (χ0n) is 14.5. The average Bonchev–Trinajstić information content (AvgIpc) is 2.62. The molecule has 3 rings (SSSR count). The molecule has 2 atom stereocenters. The Kier molecular flexibility index (Phi) is 5.76. The number of halogens is 1. The first-order chi connectivity index (χ1) is 12.1. The molecule has 1 aromatic heterocycles. The van der Waals surface area contributed by atoms with Crippen LogP contribution >= 0.6 is 0 Å². The summed E-state index contributed by atoms with van der Waals surface area (Å²) in [5.41, 5.74) is 1.81. The number of carbonyl (C=O) groups is 1. The van der Waals surface area contributed by atoms with Gasteiger partial charge in [0.2, 0.25) is 5.91 Å². The van der Waals surface area contributed by atoms with Crippen molar-refractivity contribution in [2.75, 3.05) is 13.1 Å². The molecule has 1 fully saturated rings. The molecule has 1 aliphatic rings. The second-order valence-corrected chi connectivity index (χ2v) is 6.69. The summed E-state index contributed by atoms with van der Waals surface area (Å²) in [5.74, 6) is -0.177. The van der Waals surface area contributed by atoms with Gasteiger partial charge in [-0.3, -0.25) is 14.7 Å². The van der Waals surface area contributed by atoms with E-state index in [1.165, 1.54) is 6.07 Å². The molecule has 0 bridgehead atoms. The second-order valence-electron chi connectivity index (χ2n) is 6.69. The van der Waals surface area contributed by atoms with Gasteiger partial charge in [0, 0.05) is 19.3 Å². The van der Waals surface area contributed by atoms with Gasteiger partial charge in [-0.2, -0.15) is 0 Å². The average molecular weight is 341 g/mol. The largest absolute Gasteiger partial charge is 0.348 e. The first-order valence-electron chi connectivity index (χ1n) is 8.80. The topological polar surface area (TPSA) is 45.2 Å². The van der Waals surface area contributed by atoms with E-state index in [4.69, 9.17) is 0 Å². The van der Waals surface area contributed by atoms with Crippen LogP contribution in [0.15, 0.2) is 48.7 Å². The van der Waals surface area contributed by atoms with Gasteiger partial charge in [0.25, 0.3) is 0 Å². The maximum atomic E-state index is 13.3. The molecule has 132 valence electrons. The lowest BCUT2D eigenvalue weighted by atomic mass is 9.96. The molecule has 2 aromatic rings. The monoisotopic (exact) mass is 341 g/mol. The fourth-order valence-electron chi connectivity index (χ4n) is 3.34. The normalized spacial score (nSPS) is 19.4. The van der Waals surface area contributed by atoms with Gasteiger partial charge in [-0.1, -0.05) is 18.2 Å². The first-order valence-corrected chi connectivity index (χ1v) is 8.80. The van der Waals surface area contributed by atoms with Crippen LogP contribution in [0.3, 0.4) is 0 Å². The van der Waals surface area contributed by atoms with E-state index in [2.05, 4.69) is 15.2 Å². The molecule has 0 spiro atoms. The number of nitrogens with one attached hydrogen (secondary N) is 1. The van der Waals surface area contributed by atoms with Crippen LogP contribution in [0.5, 0.6) is 0 Å². The Bertz CT molecular complexity index is 707. The SMILES string of the molecule is C[C@H](NC(=O)[C@H]1CCCN(Cc2cccc(F)c2)C1)c1ccccn1. The number of likely N-dealkylation sites (tertiary alicyclic amines) is 1. The van der Waals surface area contributed by atoms with Gasteiger partial charge >= 0.3 is 0 Å². The molecule has 25 heavy (non-hydrogen) atoms. The van der Waals surface area contributed by atoms with E-state index < -0.39 is 0 Å². The lowest BCUT2D eigenvalue weighted by molar-refractivity contribution is -0.127. The van der Waals surface area contributed by atoms with E-state index in [1.54, 1.807) is 18.3 Å². The minimum Gasteiger partial charge on any atom is -0.348 e. The number of aromatic nitrogens is 1. The predicted molar refractivity (Wildman–Crippen MR) is 95.2 cm³/mol. The number of amides is 1. The van der Waals surface area contributed by atoms with Crippen LogP contribution in [0.4, 0.5) is 4.39 Å².